The van der Waals surface area contributed by atoms with Crippen molar-refractivity contribution in [2.24, 2.45) is 5.92 Å². The third-order valence-corrected chi connectivity index (χ3v) is 5.62. The molecule has 2 saturated carbocycles. The van der Waals surface area contributed by atoms with Crippen LogP contribution in [0.1, 0.15) is 50.6 Å². The van der Waals surface area contributed by atoms with Gasteiger partial charge < -0.3 is 14.8 Å². The monoisotopic (exact) mass is 371 g/mol. The van der Waals surface area contributed by atoms with Crippen LogP contribution < -0.4 is 14.8 Å². The summed E-state index contributed by atoms with van der Waals surface area (Å²) >= 11 is 11.9. The predicted octanol–water partition coefficient (Wildman–Crippen LogP) is 4.39. The minimum atomic E-state index is -0.902. The van der Waals surface area contributed by atoms with E-state index < -0.39 is 4.33 Å². The zero-order chi connectivity index (χ0) is 17.3. The van der Waals surface area contributed by atoms with Gasteiger partial charge in [0.25, 0.3) is 0 Å². The Bertz CT molecular complexity index is 614. The fourth-order valence-electron chi connectivity index (χ4n) is 3.13. The van der Waals surface area contributed by atoms with Crippen molar-refractivity contribution >= 4 is 29.1 Å². The Morgan fingerprint density at radius 2 is 1.96 bits per heavy atom. The van der Waals surface area contributed by atoms with Crippen LogP contribution in [0.15, 0.2) is 18.2 Å². The SMILES string of the molecule is COc1cc(C(C)NC(=O)C2CC2(Cl)Cl)ccc1OC1CCCC1. The van der Waals surface area contributed by atoms with E-state index in [1.807, 2.05) is 25.1 Å². The lowest BCUT2D eigenvalue weighted by atomic mass is 10.1. The van der Waals surface area contributed by atoms with Crippen molar-refractivity contribution in [2.45, 2.75) is 55.5 Å². The number of halogens is 2. The van der Waals surface area contributed by atoms with Crippen LogP contribution in [-0.2, 0) is 4.79 Å². The van der Waals surface area contributed by atoms with Crippen molar-refractivity contribution in [1.82, 2.24) is 5.32 Å². The number of carbonyl (C=O) groups is 1. The Morgan fingerprint density at radius 3 is 2.54 bits per heavy atom. The molecular formula is C18H23Cl2NO3. The molecule has 1 aromatic carbocycles. The first kappa shape index (κ1) is 17.7. The molecule has 24 heavy (non-hydrogen) atoms. The number of hydrogen-bond donors (Lipinski definition) is 1. The van der Waals surface area contributed by atoms with E-state index in [2.05, 4.69) is 5.32 Å². The molecule has 3 rings (SSSR count). The molecule has 0 saturated heterocycles. The summed E-state index contributed by atoms with van der Waals surface area (Å²) in [4.78, 5) is 12.1. The van der Waals surface area contributed by atoms with Gasteiger partial charge in [-0.2, -0.15) is 0 Å². The predicted molar refractivity (Wildman–Crippen MR) is 95.0 cm³/mol. The largest absolute Gasteiger partial charge is 0.493 e. The van der Waals surface area contributed by atoms with Crippen LogP contribution in [-0.4, -0.2) is 23.5 Å². The van der Waals surface area contributed by atoms with Crippen LogP contribution in [0.4, 0.5) is 0 Å². The molecule has 1 amide bonds. The molecular weight excluding hydrogens is 349 g/mol. The molecule has 2 atom stereocenters. The van der Waals surface area contributed by atoms with Crippen LogP contribution in [0.5, 0.6) is 11.5 Å². The van der Waals surface area contributed by atoms with Gasteiger partial charge in [0.2, 0.25) is 5.91 Å². The second kappa shape index (κ2) is 7.01. The minimum absolute atomic E-state index is 0.113. The highest BCUT2D eigenvalue weighted by molar-refractivity contribution is 6.52. The van der Waals surface area contributed by atoms with E-state index in [1.165, 1.54) is 12.8 Å². The zero-order valence-corrected chi connectivity index (χ0v) is 15.5. The highest BCUT2D eigenvalue weighted by Crippen LogP contribution is 2.53. The maximum absolute atomic E-state index is 12.1. The van der Waals surface area contributed by atoms with Crippen molar-refractivity contribution in [1.29, 1.82) is 0 Å². The van der Waals surface area contributed by atoms with Gasteiger partial charge in [0.1, 0.15) is 4.33 Å². The van der Waals surface area contributed by atoms with Gasteiger partial charge in [-0.15, -0.1) is 23.2 Å². The Labute approximate surface area is 152 Å². The molecule has 0 aliphatic heterocycles. The van der Waals surface area contributed by atoms with E-state index in [9.17, 15) is 4.79 Å². The number of methoxy groups -OCH3 is 1. The van der Waals surface area contributed by atoms with Gasteiger partial charge in [-0.05, 0) is 56.7 Å². The van der Waals surface area contributed by atoms with E-state index >= 15 is 0 Å². The summed E-state index contributed by atoms with van der Waals surface area (Å²) in [5.74, 6) is 1.01. The van der Waals surface area contributed by atoms with Crippen molar-refractivity contribution in [3.05, 3.63) is 23.8 Å². The van der Waals surface area contributed by atoms with E-state index in [0.29, 0.717) is 12.2 Å². The van der Waals surface area contributed by atoms with Gasteiger partial charge >= 0.3 is 0 Å². The van der Waals surface area contributed by atoms with Crippen LogP contribution >= 0.6 is 23.2 Å². The molecule has 0 heterocycles. The average Bonchev–Trinajstić information content (AvgIpc) is 2.95. The maximum Gasteiger partial charge on any atom is 0.226 e. The van der Waals surface area contributed by atoms with Crippen molar-refractivity contribution in [3.63, 3.8) is 0 Å². The molecule has 1 N–H and O–H groups in total. The number of rotatable bonds is 6. The Hall–Kier alpha value is -1.13. The van der Waals surface area contributed by atoms with Crippen LogP contribution in [0.25, 0.3) is 0 Å². The molecule has 0 spiro atoms. The fourth-order valence-corrected chi connectivity index (χ4v) is 3.64. The van der Waals surface area contributed by atoms with E-state index in [4.69, 9.17) is 32.7 Å². The number of ether oxygens (including phenoxy) is 2. The second-order valence-electron chi connectivity index (χ2n) is 6.68. The number of nitrogens with one attached hydrogen (secondary N) is 1. The van der Waals surface area contributed by atoms with Gasteiger partial charge in [-0.1, -0.05) is 6.07 Å². The van der Waals surface area contributed by atoms with Gasteiger partial charge in [0, 0.05) is 0 Å². The molecule has 2 aliphatic rings. The molecule has 132 valence electrons. The average molecular weight is 372 g/mol. The summed E-state index contributed by atoms with van der Waals surface area (Å²) in [5, 5.41) is 2.95. The lowest BCUT2D eigenvalue weighted by molar-refractivity contribution is -0.123. The van der Waals surface area contributed by atoms with Gasteiger partial charge in [-0.3, -0.25) is 4.79 Å². The third-order valence-electron chi connectivity index (χ3n) is 4.78. The molecule has 0 bridgehead atoms. The standard InChI is InChI=1S/C18H23Cl2NO3/c1-11(21-17(22)14-10-18(14,19)20)12-7-8-15(16(9-12)23-2)24-13-5-3-4-6-13/h7-9,11,13-14H,3-6,10H2,1-2H3,(H,21,22). The number of carbonyl (C=O) groups excluding carboxylic acids is 1. The summed E-state index contributed by atoms with van der Waals surface area (Å²) in [6.07, 6.45) is 5.41. The number of hydrogen-bond acceptors (Lipinski definition) is 3. The molecule has 2 unspecified atom stereocenters. The van der Waals surface area contributed by atoms with E-state index in [0.717, 1.165) is 24.2 Å². The van der Waals surface area contributed by atoms with Crippen molar-refractivity contribution in [3.8, 4) is 11.5 Å². The van der Waals surface area contributed by atoms with E-state index in [1.54, 1.807) is 7.11 Å². The first-order valence-corrected chi connectivity index (χ1v) is 9.19. The fraction of sp³-hybridized carbons (Fsp3) is 0.611. The molecule has 2 fully saturated rings. The Morgan fingerprint density at radius 1 is 1.29 bits per heavy atom. The van der Waals surface area contributed by atoms with Crippen molar-refractivity contribution in [2.75, 3.05) is 7.11 Å². The lowest BCUT2D eigenvalue weighted by Gasteiger charge is -2.19. The minimum Gasteiger partial charge on any atom is -0.493 e. The molecule has 4 nitrogen and oxygen atoms in total. The Balaban J connectivity index is 1.65. The molecule has 2 aliphatic carbocycles. The highest BCUT2D eigenvalue weighted by Gasteiger charge is 2.56. The summed E-state index contributed by atoms with van der Waals surface area (Å²) in [7, 11) is 1.63. The van der Waals surface area contributed by atoms with Crippen LogP contribution in [0.2, 0.25) is 0 Å². The summed E-state index contributed by atoms with van der Waals surface area (Å²) in [5.41, 5.74) is 0.953. The number of amides is 1. The first-order valence-electron chi connectivity index (χ1n) is 8.43. The van der Waals surface area contributed by atoms with Crippen LogP contribution in [0.3, 0.4) is 0 Å². The molecule has 0 aromatic heterocycles. The van der Waals surface area contributed by atoms with Gasteiger partial charge in [0.15, 0.2) is 11.5 Å². The smallest absolute Gasteiger partial charge is 0.226 e. The number of benzene rings is 1. The first-order chi connectivity index (χ1) is 11.4. The Kier molecular flexibility index (Phi) is 5.16. The molecule has 1 aromatic rings. The molecule has 0 radical (unpaired) electrons. The van der Waals surface area contributed by atoms with Crippen molar-refractivity contribution < 1.29 is 14.3 Å². The summed E-state index contributed by atoms with van der Waals surface area (Å²) in [6.45, 7) is 1.93. The van der Waals surface area contributed by atoms with Gasteiger partial charge in [0.05, 0.1) is 25.2 Å². The number of alkyl halides is 2. The quantitative estimate of drug-likeness (QED) is 0.754. The highest BCUT2D eigenvalue weighted by atomic mass is 35.5. The zero-order valence-electron chi connectivity index (χ0n) is 14.0. The summed E-state index contributed by atoms with van der Waals surface area (Å²) < 4.78 is 10.6. The topological polar surface area (TPSA) is 47.6 Å². The van der Waals surface area contributed by atoms with E-state index in [-0.39, 0.29) is 24.0 Å². The summed E-state index contributed by atoms with van der Waals surface area (Å²) in [6, 6.07) is 5.63. The second-order valence-corrected chi connectivity index (χ2v) is 8.23. The molecule has 6 heteroatoms. The van der Waals surface area contributed by atoms with Crippen LogP contribution in [0, 0.1) is 5.92 Å². The normalized spacial score (nSPS) is 23.6. The maximum atomic E-state index is 12.1. The van der Waals surface area contributed by atoms with Gasteiger partial charge in [-0.25, -0.2) is 0 Å². The third kappa shape index (κ3) is 3.92. The lowest BCUT2D eigenvalue weighted by Crippen LogP contribution is -2.29.